The minimum atomic E-state index is -3.79. The number of rotatable bonds is 5. The van der Waals surface area contributed by atoms with Crippen molar-refractivity contribution in [3.8, 4) is 0 Å². The average Bonchev–Trinajstić information content (AvgIpc) is 2.48. The van der Waals surface area contributed by atoms with Crippen molar-refractivity contribution in [2.24, 2.45) is 5.92 Å². The quantitative estimate of drug-likeness (QED) is 0.617. The second-order valence-corrected chi connectivity index (χ2v) is 7.17. The van der Waals surface area contributed by atoms with Gasteiger partial charge in [0.1, 0.15) is 25.9 Å². The van der Waals surface area contributed by atoms with Crippen LogP contribution in [0.25, 0.3) is 0 Å². The standard InChI is InChI=1S/C15H22NO4S/c1-3-16(10-8-14(12-17)9-11-16)20-21(18,19)15-6-4-13(2)5-7-15/h4-7,12,14H,3,8-11H2,1-2H3/q+1. The highest BCUT2D eigenvalue weighted by Crippen LogP contribution is 2.27. The van der Waals surface area contributed by atoms with Gasteiger partial charge < -0.3 is 4.79 Å². The Morgan fingerprint density at radius 3 is 2.29 bits per heavy atom. The van der Waals surface area contributed by atoms with E-state index in [1.807, 2.05) is 13.8 Å². The van der Waals surface area contributed by atoms with Crippen LogP contribution in [0.2, 0.25) is 0 Å². The van der Waals surface area contributed by atoms with Crippen molar-refractivity contribution in [3.63, 3.8) is 0 Å². The third-order valence-electron chi connectivity index (χ3n) is 4.15. The molecule has 1 fully saturated rings. The van der Waals surface area contributed by atoms with Crippen LogP contribution < -0.4 is 0 Å². The molecule has 0 amide bonds. The van der Waals surface area contributed by atoms with Crippen LogP contribution in [-0.2, 0) is 19.2 Å². The van der Waals surface area contributed by atoms with E-state index in [-0.39, 0.29) is 15.5 Å². The number of nitrogens with zero attached hydrogens (tertiary/aromatic N) is 1. The lowest BCUT2D eigenvalue weighted by molar-refractivity contribution is -1.08. The molecule has 21 heavy (non-hydrogen) atoms. The van der Waals surface area contributed by atoms with Gasteiger partial charge >= 0.3 is 10.1 Å². The molecule has 1 saturated heterocycles. The summed E-state index contributed by atoms with van der Waals surface area (Å²) in [6.07, 6.45) is 2.29. The summed E-state index contributed by atoms with van der Waals surface area (Å²) in [6.45, 7) is 5.47. The number of hydroxylamine groups is 3. The van der Waals surface area contributed by atoms with Crippen LogP contribution in [0.15, 0.2) is 29.2 Å². The average molecular weight is 312 g/mol. The van der Waals surface area contributed by atoms with Crippen LogP contribution in [-0.4, -0.2) is 39.0 Å². The Labute approximate surface area is 126 Å². The number of carbonyl (C=O) groups is 1. The number of hydrogen-bond acceptors (Lipinski definition) is 4. The normalized spacial score (nSPS) is 26.5. The summed E-state index contributed by atoms with van der Waals surface area (Å²) in [7, 11) is -3.79. The van der Waals surface area contributed by atoms with E-state index >= 15 is 0 Å². The lowest BCUT2D eigenvalue weighted by Gasteiger charge is -2.37. The summed E-state index contributed by atoms with van der Waals surface area (Å²) in [5.41, 5.74) is 1.00. The highest BCUT2D eigenvalue weighted by molar-refractivity contribution is 7.86. The molecule has 1 aromatic carbocycles. The van der Waals surface area contributed by atoms with Gasteiger partial charge in [-0.2, -0.15) is 13.1 Å². The Bertz CT molecular complexity index is 587. The van der Waals surface area contributed by atoms with E-state index in [0.29, 0.717) is 32.5 Å². The Hall–Kier alpha value is -1.24. The molecule has 0 spiro atoms. The fourth-order valence-electron chi connectivity index (χ4n) is 2.59. The van der Waals surface area contributed by atoms with Crippen molar-refractivity contribution >= 4 is 16.4 Å². The molecular weight excluding hydrogens is 290 g/mol. The van der Waals surface area contributed by atoms with Gasteiger partial charge in [-0.1, -0.05) is 22.0 Å². The van der Waals surface area contributed by atoms with Gasteiger partial charge in [-0.25, -0.2) is 0 Å². The smallest absolute Gasteiger partial charge is 0.303 e. The Balaban J connectivity index is 2.18. The zero-order valence-electron chi connectivity index (χ0n) is 12.5. The number of quaternary nitrogens is 1. The molecule has 0 saturated carbocycles. The lowest BCUT2D eigenvalue weighted by Crippen LogP contribution is -2.53. The molecule has 0 aromatic heterocycles. The molecule has 1 aliphatic heterocycles. The van der Waals surface area contributed by atoms with Gasteiger partial charge in [-0.15, -0.1) is 0 Å². The third kappa shape index (κ3) is 3.70. The maximum atomic E-state index is 12.4. The predicted octanol–water partition coefficient (Wildman–Crippen LogP) is 2.06. The van der Waals surface area contributed by atoms with E-state index in [1.165, 1.54) is 0 Å². The van der Waals surface area contributed by atoms with Crippen molar-refractivity contribution in [3.05, 3.63) is 29.8 Å². The number of likely N-dealkylation sites (tertiary alicyclic amines) is 1. The highest BCUT2D eigenvalue weighted by atomic mass is 32.2. The summed E-state index contributed by atoms with van der Waals surface area (Å²) in [4.78, 5) is 11.0. The zero-order chi connectivity index (χ0) is 15.5. The number of carbonyl (C=O) groups excluding carboxylic acids is 1. The maximum Gasteiger partial charge on any atom is 0.342 e. The lowest BCUT2D eigenvalue weighted by atomic mass is 9.98. The van der Waals surface area contributed by atoms with E-state index in [4.69, 9.17) is 4.28 Å². The fourth-order valence-corrected chi connectivity index (χ4v) is 3.82. The van der Waals surface area contributed by atoms with E-state index in [9.17, 15) is 13.2 Å². The highest BCUT2D eigenvalue weighted by Gasteiger charge is 2.39. The monoisotopic (exact) mass is 312 g/mol. The molecule has 5 nitrogen and oxygen atoms in total. The van der Waals surface area contributed by atoms with Crippen LogP contribution in [0, 0.1) is 12.8 Å². The third-order valence-corrected chi connectivity index (χ3v) is 5.51. The topological polar surface area (TPSA) is 60.4 Å². The Kier molecular flexibility index (Phi) is 4.81. The Morgan fingerprint density at radius 1 is 1.24 bits per heavy atom. The van der Waals surface area contributed by atoms with Crippen molar-refractivity contribution in [2.75, 3.05) is 19.6 Å². The van der Waals surface area contributed by atoms with Gasteiger partial charge in [0.05, 0.1) is 4.90 Å². The van der Waals surface area contributed by atoms with Gasteiger partial charge in [0, 0.05) is 18.8 Å². The first kappa shape index (κ1) is 16.1. The molecule has 2 rings (SSSR count). The molecule has 0 atom stereocenters. The largest absolute Gasteiger partial charge is 0.342 e. The molecule has 1 aromatic rings. The fraction of sp³-hybridized carbons (Fsp3) is 0.533. The number of aldehydes is 1. The first-order chi connectivity index (χ1) is 9.91. The number of piperidine rings is 1. The molecule has 0 unspecified atom stereocenters. The first-order valence-electron chi connectivity index (χ1n) is 7.25. The summed E-state index contributed by atoms with van der Waals surface area (Å²) in [5, 5.41) is 0. The maximum absolute atomic E-state index is 12.4. The van der Waals surface area contributed by atoms with Crippen molar-refractivity contribution < 1.29 is 22.1 Å². The molecule has 0 aliphatic carbocycles. The van der Waals surface area contributed by atoms with Crippen LogP contribution in [0.4, 0.5) is 0 Å². The van der Waals surface area contributed by atoms with Crippen LogP contribution in [0.3, 0.4) is 0 Å². The molecule has 6 heteroatoms. The second-order valence-electron chi connectivity index (χ2n) is 5.64. The number of hydrogen-bond donors (Lipinski definition) is 0. The van der Waals surface area contributed by atoms with Gasteiger partial charge in [-0.05, 0) is 26.0 Å². The Morgan fingerprint density at radius 2 is 1.81 bits per heavy atom. The number of benzene rings is 1. The summed E-state index contributed by atoms with van der Waals surface area (Å²) in [6, 6.07) is 6.64. The van der Waals surface area contributed by atoms with Gasteiger partial charge in [0.25, 0.3) is 0 Å². The molecule has 1 aliphatic rings. The molecule has 0 bridgehead atoms. The molecule has 0 N–H and O–H groups in total. The molecule has 116 valence electrons. The van der Waals surface area contributed by atoms with Crippen molar-refractivity contribution in [1.29, 1.82) is 0 Å². The van der Waals surface area contributed by atoms with Crippen LogP contribution in [0.5, 0.6) is 0 Å². The van der Waals surface area contributed by atoms with Crippen molar-refractivity contribution in [2.45, 2.75) is 31.6 Å². The summed E-state index contributed by atoms with van der Waals surface area (Å²) < 4.78 is 30.4. The first-order valence-corrected chi connectivity index (χ1v) is 8.66. The van der Waals surface area contributed by atoms with E-state index in [0.717, 1.165) is 11.8 Å². The molecule has 1 heterocycles. The predicted molar refractivity (Wildman–Crippen MR) is 78.8 cm³/mol. The number of aryl methyl sites for hydroxylation is 1. The molecule has 0 radical (unpaired) electrons. The SMILES string of the molecule is CC[N+]1(OS(=O)(=O)c2ccc(C)cc2)CCC(C=O)CC1. The summed E-state index contributed by atoms with van der Waals surface area (Å²) >= 11 is 0. The van der Waals surface area contributed by atoms with E-state index < -0.39 is 10.1 Å². The van der Waals surface area contributed by atoms with Crippen molar-refractivity contribution in [1.82, 2.24) is 0 Å². The van der Waals surface area contributed by atoms with Gasteiger partial charge in [0.2, 0.25) is 0 Å². The minimum absolute atomic E-state index is 0.0217. The van der Waals surface area contributed by atoms with Gasteiger partial charge in [-0.3, -0.25) is 0 Å². The van der Waals surface area contributed by atoms with Crippen LogP contribution in [0.1, 0.15) is 25.3 Å². The molecular formula is C15H22NO4S+. The van der Waals surface area contributed by atoms with E-state index in [1.54, 1.807) is 24.3 Å². The van der Waals surface area contributed by atoms with Crippen LogP contribution >= 0.6 is 0 Å². The van der Waals surface area contributed by atoms with E-state index in [2.05, 4.69) is 0 Å². The van der Waals surface area contributed by atoms with Gasteiger partial charge in [0.15, 0.2) is 0 Å². The zero-order valence-corrected chi connectivity index (χ0v) is 13.3. The second kappa shape index (κ2) is 6.25. The summed E-state index contributed by atoms with van der Waals surface area (Å²) in [5.74, 6) is 0.0217. The minimum Gasteiger partial charge on any atom is -0.303 e.